The molecule has 0 fully saturated rings. The number of imidazole rings is 1. The van der Waals surface area contributed by atoms with E-state index >= 15 is 0 Å². The van der Waals surface area contributed by atoms with E-state index in [0.29, 0.717) is 47.7 Å². The molecule has 8 heteroatoms. The summed E-state index contributed by atoms with van der Waals surface area (Å²) in [7, 11) is 0. The number of ether oxygens (including phenoxy) is 1. The van der Waals surface area contributed by atoms with Gasteiger partial charge >= 0.3 is 0 Å². The van der Waals surface area contributed by atoms with E-state index in [1.807, 2.05) is 29.7 Å². The second-order valence-corrected chi connectivity index (χ2v) is 7.37. The topological polar surface area (TPSA) is 88.7 Å². The average molecular weight is 414 g/mol. The van der Waals surface area contributed by atoms with Gasteiger partial charge < -0.3 is 10.1 Å². The van der Waals surface area contributed by atoms with E-state index < -0.39 is 0 Å². The molecule has 1 N–H and O–H groups in total. The van der Waals surface area contributed by atoms with Crippen LogP contribution in [0.25, 0.3) is 17.0 Å². The molecular formula is C23H19FN6O. The fourth-order valence-corrected chi connectivity index (χ4v) is 3.85. The Kier molecular flexibility index (Phi) is 4.71. The third-order valence-electron chi connectivity index (χ3n) is 5.29. The first-order valence-electron chi connectivity index (χ1n) is 10.0. The molecule has 0 bridgehead atoms. The third-order valence-corrected chi connectivity index (χ3v) is 5.29. The summed E-state index contributed by atoms with van der Waals surface area (Å²) in [5.41, 5.74) is 3.58. The number of para-hydroxylation sites is 1. The van der Waals surface area contributed by atoms with E-state index in [0.717, 1.165) is 29.5 Å². The van der Waals surface area contributed by atoms with Crippen LogP contribution < -0.4 is 10.1 Å². The first-order valence-corrected chi connectivity index (χ1v) is 10.0. The minimum Gasteiger partial charge on any atom is -0.477 e. The summed E-state index contributed by atoms with van der Waals surface area (Å²) in [5, 5.41) is 12.7. The zero-order valence-electron chi connectivity index (χ0n) is 16.9. The molecule has 0 radical (unpaired) electrons. The highest BCUT2D eigenvalue weighted by molar-refractivity contribution is 5.83. The van der Waals surface area contributed by atoms with E-state index in [9.17, 15) is 9.65 Å². The van der Waals surface area contributed by atoms with Crippen molar-refractivity contribution in [1.29, 1.82) is 5.26 Å². The molecule has 4 aromatic rings. The van der Waals surface area contributed by atoms with Gasteiger partial charge in [0.2, 0.25) is 11.8 Å². The van der Waals surface area contributed by atoms with Crippen molar-refractivity contribution in [3.63, 3.8) is 0 Å². The molecule has 7 nitrogen and oxygen atoms in total. The van der Waals surface area contributed by atoms with Crippen molar-refractivity contribution in [3.05, 3.63) is 70.8 Å². The molecule has 0 spiro atoms. The fraction of sp³-hybridized carbons (Fsp3) is 0.217. The van der Waals surface area contributed by atoms with Crippen LogP contribution in [0.1, 0.15) is 28.9 Å². The summed E-state index contributed by atoms with van der Waals surface area (Å²) in [6, 6.07) is 14.1. The lowest BCUT2D eigenvalue weighted by Crippen LogP contribution is -2.17. The zero-order chi connectivity index (χ0) is 21.4. The maximum absolute atomic E-state index is 13.6. The number of hydrogen-bond donors (Lipinski definition) is 1. The molecule has 31 heavy (non-hydrogen) atoms. The van der Waals surface area contributed by atoms with Gasteiger partial charge in [0, 0.05) is 6.54 Å². The maximum Gasteiger partial charge on any atom is 0.240 e. The molecule has 1 aliphatic heterocycles. The minimum atomic E-state index is -0.276. The quantitative estimate of drug-likeness (QED) is 0.542. The van der Waals surface area contributed by atoms with Crippen molar-refractivity contribution < 1.29 is 9.13 Å². The van der Waals surface area contributed by atoms with Crippen molar-refractivity contribution in [3.8, 4) is 17.9 Å². The van der Waals surface area contributed by atoms with Crippen molar-refractivity contribution in [2.45, 2.75) is 26.3 Å². The standard InChI is InChI=1S/C23H19FN6O/c1-14-27-20-16(12-25)6-3-9-19(20)30(14)23-28-21(18-8-4-10-31-22(18)29-23)26-13-15-5-2-7-17(24)11-15/h2-3,5-7,9,11H,4,8,10,13H2,1H3,(H,26,28,29). The van der Waals surface area contributed by atoms with Crippen molar-refractivity contribution in [1.82, 2.24) is 19.5 Å². The van der Waals surface area contributed by atoms with E-state index in [4.69, 9.17) is 9.72 Å². The number of anilines is 1. The predicted octanol–water partition coefficient (Wildman–Crippen LogP) is 4.07. The molecule has 0 amide bonds. The molecular weight excluding hydrogens is 395 g/mol. The molecule has 2 aromatic heterocycles. The normalized spacial score (nSPS) is 12.8. The molecule has 5 rings (SSSR count). The van der Waals surface area contributed by atoms with Gasteiger partial charge in [0.25, 0.3) is 0 Å². The van der Waals surface area contributed by atoms with Crippen LogP contribution in [0.2, 0.25) is 0 Å². The highest BCUT2D eigenvalue weighted by Crippen LogP contribution is 2.31. The number of rotatable bonds is 4. The second-order valence-electron chi connectivity index (χ2n) is 7.37. The minimum absolute atomic E-state index is 0.276. The van der Waals surface area contributed by atoms with Gasteiger partial charge in [0.1, 0.15) is 29.0 Å². The lowest BCUT2D eigenvalue weighted by atomic mass is 10.1. The largest absolute Gasteiger partial charge is 0.477 e. The lowest BCUT2D eigenvalue weighted by molar-refractivity contribution is 0.275. The van der Waals surface area contributed by atoms with Crippen LogP contribution >= 0.6 is 0 Å². The van der Waals surface area contributed by atoms with Gasteiger partial charge in [-0.1, -0.05) is 18.2 Å². The van der Waals surface area contributed by atoms with Gasteiger partial charge in [-0.2, -0.15) is 15.2 Å². The number of aromatic nitrogens is 4. The Labute approximate surface area is 178 Å². The molecule has 3 heterocycles. The zero-order valence-corrected chi connectivity index (χ0v) is 16.9. The Bertz CT molecular complexity index is 1340. The highest BCUT2D eigenvalue weighted by atomic mass is 19.1. The predicted molar refractivity (Wildman–Crippen MR) is 114 cm³/mol. The smallest absolute Gasteiger partial charge is 0.240 e. The molecule has 0 aliphatic carbocycles. The molecule has 0 unspecified atom stereocenters. The van der Waals surface area contributed by atoms with E-state index in [-0.39, 0.29) is 5.82 Å². The van der Waals surface area contributed by atoms with Gasteiger partial charge in [-0.15, -0.1) is 0 Å². The SMILES string of the molecule is Cc1nc2c(C#N)cccc2n1-c1nc(NCc2cccc(F)c2)c2c(n1)OCCC2. The van der Waals surface area contributed by atoms with Gasteiger partial charge in [0.05, 0.1) is 23.3 Å². The van der Waals surface area contributed by atoms with Crippen LogP contribution in [-0.4, -0.2) is 26.1 Å². The summed E-state index contributed by atoms with van der Waals surface area (Å²) in [4.78, 5) is 14.0. The maximum atomic E-state index is 13.6. The first kappa shape index (κ1) is 19.0. The van der Waals surface area contributed by atoms with Crippen LogP contribution in [0.15, 0.2) is 42.5 Å². The van der Waals surface area contributed by atoms with Crippen molar-refractivity contribution >= 4 is 16.9 Å². The van der Waals surface area contributed by atoms with Crippen LogP contribution in [0.4, 0.5) is 10.2 Å². The van der Waals surface area contributed by atoms with Crippen molar-refractivity contribution in [2.24, 2.45) is 0 Å². The number of nitrogens with one attached hydrogen (secondary N) is 1. The van der Waals surface area contributed by atoms with Crippen LogP contribution in [0.3, 0.4) is 0 Å². The van der Waals surface area contributed by atoms with Gasteiger partial charge in [0.15, 0.2) is 0 Å². The van der Waals surface area contributed by atoms with Gasteiger partial charge in [-0.25, -0.2) is 9.37 Å². The van der Waals surface area contributed by atoms with E-state index in [1.165, 1.54) is 12.1 Å². The third kappa shape index (κ3) is 3.44. The average Bonchev–Trinajstić information content (AvgIpc) is 3.13. The van der Waals surface area contributed by atoms with E-state index in [1.54, 1.807) is 12.1 Å². The first-order chi connectivity index (χ1) is 15.1. The number of fused-ring (bicyclic) bond motifs is 2. The highest BCUT2D eigenvalue weighted by Gasteiger charge is 2.22. The molecule has 154 valence electrons. The second kappa shape index (κ2) is 7.69. The summed E-state index contributed by atoms with van der Waals surface area (Å²) < 4.78 is 21.2. The Morgan fingerprint density at radius 1 is 1.19 bits per heavy atom. The molecule has 2 aromatic carbocycles. The summed E-state index contributed by atoms with van der Waals surface area (Å²) in [6.45, 7) is 2.86. The van der Waals surface area contributed by atoms with E-state index in [2.05, 4.69) is 21.4 Å². The summed E-state index contributed by atoms with van der Waals surface area (Å²) >= 11 is 0. The fourth-order valence-electron chi connectivity index (χ4n) is 3.85. The van der Waals surface area contributed by atoms with Gasteiger partial charge in [-0.3, -0.25) is 4.57 Å². The number of nitrogens with zero attached hydrogens (tertiary/aromatic N) is 5. The Morgan fingerprint density at radius 3 is 2.90 bits per heavy atom. The molecule has 0 saturated carbocycles. The number of halogens is 1. The molecule has 1 aliphatic rings. The van der Waals surface area contributed by atoms with Crippen LogP contribution in [-0.2, 0) is 13.0 Å². The lowest BCUT2D eigenvalue weighted by Gasteiger charge is -2.21. The molecule has 0 atom stereocenters. The molecule has 0 saturated heterocycles. The Morgan fingerprint density at radius 2 is 2.06 bits per heavy atom. The van der Waals surface area contributed by atoms with Crippen LogP contribution in [0, 0.1) is 24.1 Å². The number of benzene rings is 2. The Hall–Kier alpha value is -3.99. The monoisotopic (exact) mass is 414 g/mol. The number of nitriles is 1. The summed E-state index contributed by atoms with van der Waals surface area (Å²) in [5.74, 6) is 2.00. The Balaban J connectivity index is 1.61. The number of aryl methyl sites for hydroxylation is 1. The summed E-state index contributed by atoms with van der Waals surface area (Å²) in [6.07, 6.45) is 1.67. The number of hydrogen-bond acceptors (Lipinski definition) is 6. The van der Waals surface area contributed by atoms with Crippen LogP contribution in [0.5, 0.6) is 5.88 Å². The van der Waals surface area contributed by atoms with Gasteiger partial charge in [-0.05, 0) is 49.6 Å². The van der Waals surface area contributed by atoms with Crippen molar-refractivity contribution in [2.75, 3.05) is 11.9 Å².